The van der Waals surface area contributed by atoms with Crippen molar-refractivity contribution in [2.45, 2.75) is 58.4 Å². The van der Waals surface area contributed by atoms with Crippen LogP contribution in [-0.4, -0.2) is 25.1 Å². The van der Waals surface area contributed by atoms with Crippen LogP contribution in [0, 0.1) is 12.3 Å². The van der Waals surface area contributed by atoms with Gasteiger partial charge in [0.15, 0.2) is 0 Å². The lowest BCUT2D eigenvalue weighted by Crippen LogP contribution is -2.41. The summed E-state index contributed by atoms with van der Waals surface area (Å²) < 4.78 is 0. The van der Waals surface area contributed by atoms with Gasteiger partial charge in [-0.1, -0.05) is 19.3 Å². The van der Waals surface area contributed by atoms with Crippen LogP contribution in [0.4, 0.5) is 5.82 Å². The number of rotatable bonds is 3. The summed E-state index contributed by atoms with van der Waals surface area (Å²) in [4.78, 5) is 7.25. The number of nitrogens with one attached hydrogen (secondary N) is 1. The molecule has 1 aliphatic carbocycles. The van der Waals surface area contributed by atoms with Crippen molar-refractivity contribution < 1.29 is 0 Å². The fraction of sp³-hybridized carbons (Fsp3) is 0.722. The summed E-state index contributed by atoms with van der Waals surface area (Å²) in [7, 11) is 1.98. The van der Waals surface area contributed by atoms with Gasteiger partial charge in [-0.15, -0.1) is 0 Å². The monoisotopic (exact) mass is 287 g/mol. The lowest BCUT2D eigenvalue weighted by Gasteiger charge is -2.45. The topological polar surface area (TPSA) is 28.2 Å². The van der Waals surface area contributed by atoms with E-state index in [0.29, 0.717) is 5.41 Å². The molecule has 0 atom stereocenters. The third-order valence-electron chi connectivity index (χ3n) is 5.53. The van der Waals surface area contributed by atoms with E-state index in [1.807, 2.05) is 13.2 Å². The van der Waals surface area contributed by atoms with Gasteiger partial charge in [-0.25, -0.2) is 4.98 Å². The van der Waals surface area contributed by atoms with E-state index in [4.69, 9.17) is 4.98 Å². The molecule has 3 heteroatoms. The number of aromatic nitrogens is 1. The summed E-state index contributed by atoms with van der Waals surface area (Å²) in [6, 6.07) is 2.28. The summed E-state index contributed by atoms with van der Waals surface area (Å²) >= 11 is 0. The zero-order valence-electron chi connectivity index (χ0n) is 13.6. The first-order valence-electron chi connectivity index (χ1n) is 8.58. The highest BCUT2D eigenvalue weighted by Gasteiger charge is 2.35. The van der Waals surface area contributed by atoms with Gasteiger partial charge in [0, 0.05) is 25.8 Å². The Hall–Kier alpha value is -1.09. The lowest BCUT2D eigenvalue weighted by molar-refractivity contribution is 0.144. The second-order valence-corrected chi connectivity index (χ2v) is 7.06. The lowest BCUT2D eigenvalue weighted by atomic mass is 9.68. The van der Waals surface area contributed by atoms with Gasteiger partial charge in [-0.2, -0.15) is 0 Å². The van der Waals surface area contributed by atoms with Crippen molar-refractivity contribution in [1.29, 1.82) is 0 Å². The highest BCUT2D eigenvalue weighted by atomic mass is 15.2. The predicted molar refractivity (Wildman–Crippen MR) is 88.7 cm³/mol. The molecule has 2 heterocycles. The van der Waals surface area contributed by atoms with E-state index in [0.717, 1.165) is 6.54 Å². The highest BCUT2D eigenvalue weighted by molar-refractivity contribution is 5.47. The zero-order valence-corrected chi connectivity index (χ0v) is 13.6. The summed E-state index contributed by atoms with van der Waals surface area (Å²) in [6.45, 7) is 5.49. The molecule has 2 fully saturated rings. The molecule has 0 unspecified atom stereocenters. The fourth-order valence-corrected chi connectivity index (χ4v) is 4.25. The quantitative estimate of drug-likeness (QED) is 0.919. The summed E-state index contributed by atoms with van der Waals surface area (Å²) in [5, 5.41) is 3.20. The fourth-order valence-electron chi connectivity index (χ4n) is 4.25. The van der Waals surface area contributed by atoms with Crippen LogP contribution in [0.25, 0.3) is 0 Å². The molecule has 2 aliphatic rings. The van der Waals surface area contributed by atoms with Gasteiger partial charge in [-0.3, -0.25) is 0 Å². The van der Waals surface area contributed by atoms with Crippen molar-refractivity contribution in [3.05, 3.63) is 23.4 Å². The molecule has 0 radical (unpaired) electrons. The number of pyridine rings is 1. The molecule has 1 aromatic rings. The molecule has 1 aromatic heterocycles. The highest BCUT2D eigenvalue weighted by Crippen LogP contribution is 2.45. The van der Waals surface area contributed by atoms with E-state index < -0.39 is 0 Å². The van der Waals surface area contributed by atoms with Crippen molar-refractivity contribution in [2.24, 2.45) is 5.41 Å². The summed E-state index contributed by atoms with van der Waals surface area (Å²) in [5.74, 6) is 1.21. The molecule has 1 saturated heterocycles. The Morgan fingerprint density at radius 3 is 2.48 bits per heavy atom. The number of aryl methyl sites for hydroxylation is 1. The number of hydrogen-bond donors (Lipinski definition) is 1. The molecule has 3 nitrogen and oxygen atoms in total. The van der Waals surface area contributed by atoms with E-state index in [2.05, 4.69) is 23.2 Å². The van der Waals surface area contributed by atoms with Gasteiger partial charge in [0.2, 0.25) is 0 Å². The first kappa shape index (κ1) is 14.8. The number of piperidine rings is 1. The van der Waals surface area contributed by atoms with Crippen LogP contribution in [0.15, 0.2) is 12.3 Å². The van der Waals surface area contributed by atoms with Crippen molar-refractivity contribution in [3.63, 3.8) is 0 Å². The van der Waals surface area contributed by atoms with Gasteiger partial charge in [0.1, 0.15) is 5.82 Å². The van der Waals surface area contributed by atoms with Crippen LogP contribution >= 0.6 is 0 Å². The molecule has 3 rings (SSSR count). The molecule has 21 heavy (non-hydrogen) atoms. The molecule has 0 amide bonds. The maximum absolute atomic E-state index is 4.74. The van der Waals surface area contributed by atoms with Crippen LogP contribution in [0.3, 0.4) is 0 Å². The number of anilines is 1. The van der Waals surface area contributed by atoms with Gasteiger partial charge >= 0.3 is 0 Å². The molecule has 116 valence electrons. The largest absolute Gasteiger partial charge is 0.356 e. The van der Waals surface area contributed by atoms with Crippen molar-refractivity contribution in [1.82, 2.24) is 10.3 Å². The SMILES string of the molecule is CNCc1cnc(N2CCC3(CCCCC3)CC2)c(C)c1. The van der Waals surface area contributed by atoms with Crippen LogP contribution in [0.2, 0.25) is 0 Å². The Morgan fingerprint density at radius 2 is 1.86 bits per heavy atom. The van der Waals surface area contributed by atoms with E-state index >= 15 is 0 Å². The Labute approximate surface area is 129 Å². The Kier molecular flexibility index (Phi) is 4.48. The third-order valence-corrected chi connectivity index (χ3v) is 5.53. The van der Waals surface area contributed by atoms with Gasteiger partial charge < -0.3 is 10.2 Å². The first-order valence-corrected chi connectivity index (χ1v) is 8.58. The summed E-state index contributed by atoms with van der Waals surface area (Å²) in [5.41, 5.74) is 3.27. The normalized spacial score (nSPS) is 21.7. The van der Waals surface area contributed by atoms with Gasteiger partial charge in [0.25, 0.3) is 0 Å². The average Bonchev–Trinajstić information content (AvgIpc) is 2.50. The molecule has 1 saturated carbocycles. The van der Waals surface area contributed by atoms with E-state index in [1.165, 1.54) is 75.0 Å². The predicted octanol–water partition coefficient (Wildman–Crippen LogP) is 3.66. The minimum absolute atomic E-state index is 0.675. The van der Waals surface area contributed by atoms with Crippen LogP contribution in [0.5, 0.6) is 0 Å². The van der Waals surface area contributed by atoms with Crippen LogP contribution < -0.4 is 10.2 Å². The average molecular weight is 287 g/mol. The Bertz CT molecular complexity index is 467. The Balaban J connectivity index is 1.66. The van der Waals surface area contributed by atoms with Crippen LogP contribution in [-0.2, 0) is 6.54 Å². The van der Waals surface area contributed by atoms with Gasteiger partial charge in [-0.05, 0) is 62.3 Å². The second-order valence-electron chi connectivity index (χ2n) is 7.06. The minimum atomic E-state index is 0.675. The molecule has 1 N–H and O–H groups in total. The zero-order chi connectivity index (χ0) is 14.7. The Morgan fingerprint density at radius 1 is 1.14 bits per heavy atom. The van der Waals surface area contributed by atoms with E-state index in [9.17, 15) is 0 Å². The van der Waals surface area contributed by atoms with Crippen molar-refractivity contribution in [3.8, 4) is 0 Å². The molecular weight excluding hydrogens is 258 g/mol. The standard InChI is InChI=1S/C18H29N3/c1-15-12-16(13-19-2)14-20-17(15)21-10-8-18(9-11-21)6-4-3-5-7-18/h12,14,19H,3-11,13H2,1-2H3. The summed E-state index contributed by atoms with van der Waals surface area (Å²) in [6.07, 6.45) is 12.1. The molecule has 0 aromatic carbocycles. The molecule has 0 bridgehead atoms. The minimum Gasteiger partial charge on any atom is -0.356 e. The maximum Gasteiger partial charge on any atom is 0.131 e. The van der Waals surface area contributed by atoms with Crippen molar-refractivity contribution in [2.75, 3.05) is 25.0 Å². The molecular formula is C18H29N3. The van der Waals surface area contributed by atoms with Crippen LogP contribution in [0.1, 0.15) is 56.1 Å². The molecule has 1 aliphatic heterocycles. The van der Waals surface area contributed by atoms with Gasteiger partial charge in [0.05, 0.1) is 0 Å². The van der Waals surface area contributed by atoms with E-state index in [-0.39, 0.29) is 0 Å². The smallest absolute Gasteiger partial charge is 0.131 e. The maximum atomic E-state index is 4.74. The van der Waals surface area contributed by atoms with E-state index in [1.54, 1.807) is 0 Å². The van der Waals surface area contributed by atoms with Crippen molar-refractivity contribution >= 4 is 5.82 Å². The number of nitrogens with zero attached hydrogens (tertiary/aromatic N) is 2. The number of hydrogen-bond acceptors (Lipinski definition) is 3. The first-order chi connectivity index (χ1) is 10.2. The molecule has 1 spiro atoms. The third kappa shape index (κ3) is 3.23. The second kappa shape index (κ2) is 6.35.